The summed E-state index contributed by atoms with van der Waals surface area (Å²) in [7, 11) is -1.91. The third-order valence-electron chi connectivity index (χ3n) is 3.76. The molecule has 8 heteroatoms. The molecule has 1 aliphatic rings. The molecule has 23 heavy (non-hydrogen) atoms. The van der Waals surface area contributed by atoms with Crippen molar-refractivity contribution < 1.29 is 22.4 Å². The van der Waals surface area contributed by atoms with Crippen molar-refractivity contribution in [2.45, 2.75) is 11.0 Å². The molecule has 3 rings (SSSR count). The number of furan rings is 1. The molecule has 0 aromatic carbocycles. The molecular formula is C15H16N2O5S. The highest BCUT2D eigenvalue weighted by Crippen LogP contribution is 2.24. The van der Waals surface area contributed by atoms with Crippen LogP contribution in [0, 0.1) is 0 Å². The molecule has 2 aromatic rings. The third kappa shape index (κ3) is 3.07. The monoisotopic (exact) mass is 336 g/mol. The summed E-state index contributed by atoms with van der Waals surface area (Å²) in [5.41, 5.74) is 0.330. The van der Waals surface area contributed by atoms with Crippen molar-refractivity contribution >= 4 is 15.7 Å². The van der Waals surface area contributed by atoms with Crippen molar-refractivity contribution in [2.75, 3.05) is 20.2 Å². The van der Waals surface area contributed by atoms with E-state index in [1.807, 2.05) is 0 Å². The van der Waals surface area contributed by atoms with Crippen LogP contribution in [-0.4, -0.2) is 49.7 Å². The lowest BCUT2D eigenvalue weighted by atomic mass is 10.1. The van der Waals surface area contributed by atoms with E-state index in [0.29, 0.717) is 11.3 Å². The van der Waals surface area contributed by atoms with Crippen LogP contribution in [0.5, 0.6) is 5.88 Å². The lowest BCUT2D eigenvalue weighted by Crippen LogP contribution is -2.57. The van der Waals surface area contributed by atoms with Gasteiger partial charge in [0, 0.05) is 19.3 Å². The van der Waals surface area contributed by atoms with E-state index in [4.69, 9.17) is 9.15 Å². The number of ether oxygens (including phenoxy) is 1. The summed E-state index contributed by atoms with van der Waals surface area (Å²) < 4.78 is 34.7. The van der Waals surface area contributed by atoms with Crippen LogP contribution >= 0.6 is 0 Å². The number of hydrogen-bond donors (Lipinski definition) is 0. The lowest BCUT2D eigenvalue weighted by molar-refractivity contribution is 0.0654. The molecule has 1 saturated heterocycles. The zero-order chi connectivity index (χ0) is 16.4. The Morgan fingerprint density at radius 3 is 2.83 bits per heavy atom. The van der Waals surface area contributed by atoms with Crippen LogP contribution in [0.15, 0.2) is 41.1 Å². The van der Waals surface area contributed by atoms with Crippen LogP contribution in [0.2, 0.25) is 0 Å². The van der Waals surface area contributed by atoms with Gasteiger partial charge in [0.2, 0.25) is 5.88 Å². The summed E-state index contributed by atoms with van der Waals surface area (Å²) in [6.07, 6.45) is 2.97. The van der Waals surface area contributed by atoms with Gasteiger partial charge in [-0.05, 0) is 24.3 Å². The van der Waals surface area contributed by atoms with Gasteiger partial charge >= 0.3 is 0 Å². The minimum atomic E-state index is -3.35. The van der Waals surface area contributed by atoms with Crippen LogP contribution in [0.25, 0.3) is 0 Å². The molecule has 7 nitrogen and oxygen atoms in total. The average Bonchev–Trinajstić information content (AvgIpc) is 2.97. The molecule has 3 heterocycles. The number of carbonyl (C=O) groups excluding carboxylic acids is 1. The zero-order valence-corrected chi connectivity index (χ0v) is 13.3. The molecule has 0 saturated carbocycles. The lowest BCUT2D eigenvalue weighted by Gasteiger charge is -2.38. The minimum absolute atomic E-state index is 0.150. The molecule has 1 fully saturated rings. The van der Waals surface area contributed by atoms with Crippen LogP contribution in [-0.2, 0) is 15.6 Å². The van der Waals surface area contributed by atoms with E-state index < -0.39 is 15.1 Å². The van der Waals surface area contributed by atoms with E-state index in [1.165, 1.54) is 24.5 Å². The number of amides is 1. The van der Waals surface area contributed by atoms with Crippen molar-refractivity contribution in [1.82, 2.24) is 9.88 Å². The Hall–Kier alpha value is -2.35. The Balaban J connectivity index is 1.65. The highest BCUT2D eigenvalue weighted by molar-refractivity contribution is 7.91. The summed E-state index contributed by atoms with van der Waals surface area (Å²) in [6.45, 7) is 0.333. The number of methoxy groups -OCH3 is 1. The van der Waals surface area contributed by atoms with Gasteiger partial charge in [-0.2, -0.15) is 0 Å². The first-order valence-electron chi connectivity index (χ1n) is 7.03. The topological polar surface area (TPSA) is 89.7 Å². The third-order valence-corrected chi connectivity index (χ3v) is 5.76. The van der Waals surface area contributed by atoms with Gasteiger partial charge in [0.15, 0.2) is 9.84 Å². The fraction of sp³-hybridized carbons (Fsp3) is 0.333. The van der Waals surface area contributed by atoms with Crippen molar-refractivity contribution in [3.63, 3.8) is 0 Å². The number of pyridine rings is 1. The maximum atomic E-state index is 12.4. The van der Waals surface area contributed by atoms with Gasteiger partial charge in [0.25, 0.3) is 5.91 Å². The van der Waals surface area contributed by atoms with Crippen LogP contribution in [0.1, 0.15) is 16.1 Å². The first-order valence-corrected chi connectivity index (χ1v) is 8.75. The predicted molar refractivity (Wildman–Crippen MR) is 81.8 cm³/mol. The van der Waals surface area contributed by atoms with Gasteiger partial charge in [-0.1, -0.05) is 0 Å². The Kier molecular flexibility index (Phi) is 4.08. The van der Waals surface area contributed by atoms with Gasteiger partial charge in [0.1, 0.15) is 17.1 Å². The molecule has 0 atom stereocenters. The van der Waals surface area contributed by atoms with Crippen molar-refractivity contribution in [1.29, 1.82) is 0 Å². The van der Waals surface area contributed by atoms with E-state index in [2.05, 4.69) is 4.98 Å². The summed E-state index contributed by atoms with van der Waals surface area (Å²) in [5.74, 6) is 0.214. The molecule has 122 valence electrons. The fourth-order valence-corrected chi connectivity index (χ4v) is 4.04. The highest BCUT2D eigenvalue weighted by Gasteiger charge is 2.40. The second-order valence-electron chi connectivity index (χ2n) is 5.28. The van der Waals surface area contributed by atoms with Crippen LogP contribution in [0.3, 0.4) is 0 Å². The highest BCUT2D eigenvalue weighted by atomic mass is 32.2. The van der Waals surface area contributed by atoms with Gasteiger partial charge in [-0.25, -0.2) is 13.4 Å². The molecule has 2 aromatic heterocycles. The molecule has 0 bridgehead atoms. The smallest absolute Gasteiger partial charge is 0.259 e. The number of hydrogen-bond acceptors (Lipinski definition) is 6. The second-order valence-corrected chi connectivity index (χ2v) is 7.56. The van der Waals surface area contributed by atoms with E-state index in [1.54, 1.807) is 24.3 Å². The number of carbonyl (C=O) groups is 1. The molecule has 0 N–H and O–H groups in total. The maximum Gasteiger partial charge on any atom is 0.259 e. The summed E-state index contributed by atoms with van der Waals surface area (Å²) in [5, 5.41) is -0.570. The molecule has 0 unspecified atom stereocenters. The van der Waals surface area contributed by atoms with Crippen molar-refractivity contribution in [2.24, 2.45) is 0 Å². The number of nitrogens with zero attached hydrogens (tertiary/aromatic N) is 2. The van der Waals surface area contributed by atoms with Crippen molar-refractivity contribution in [3.8, 4) is 5.88 Å². The quantitative estimate of drug-likeness (QED) is 0.813. The number of aromatic nitrogens is 1. The Morgan fingerprint density at radius 1 is 1.39 bits per heavy atom. The number of likely N-dealkylation sites (tertiary alicyclic amines) is 1. The Morgan fingerprint density at radius 2 is 2.17 bits per heavy atom. The normalized spacial score (nSPS) is 15.3. The zero-order valence-electron chi connectivity index (χ0n) is 12.5. The Labute approximate surface area is 133 Å². The number of sulfone groups is 1. The summed E-state index contributed by atoms with van der Waals surface area (Å²) >= 11 is 0. The van der Waals surface area contributed by atoms with Gasteiger partial charge in [0.05, 0.1) is 18.6 Å². The van der Waals surface area contributed by atoms with Crippen LogP contribution < -0.4 is 4.74 Å². The summed E-state index contributed by atoms with van der Waals surface area (Å²) in [6, 6.07) is 6.52. The van der Waals surface area contributed by atoms with Gasteiger partial charge < -0.3 is 14.1 Å². The van der Waals surface area contributed by atoms with Crippen molar-refractivity contribution in [3.05, 3.63) is 48.0 Å². The Bertz CT molecular complexity index is 795. The molecule has 0 spiro atoms. The van der Waals surface area contributed by atoms with Crippen LogP contribution in [0.4, 0.5) is 0 Å². The van der Waals surface area contributed by atoms with E-state index >= 15 is 0 Å². The molecule has 0 aliphatic carbocycles. The SMILES string of the molecule is COc1ncccc1C(=O)N1CC(S(=O)(=O)Cc2ccco2)C1. The largest absolute Gasteiger partial charge is 0.480 e. The van der Waals surface area contributed by atoms with E-state index in [0.717, 1.165) is 0 Å². The minimum Gasteiger partial charge on any atom is -0.480 e. The summed E-state index contributed by atoms with van der Waals surface area (Å²) in [4.78, 5) is 17.8. The first-order chi connectivity index (χ1) is 11.0. The molecule has 1 amide bonds. The molecule has 0 radical (unpaired) electrons. The van der Waals surface area contributed by atoms with E-state index in [-0.39, 0.29) is 30.6 Å². The predicted octanol–water partition coefficient (Wildman–Crippen LogP) is 1.12. The standard InChI is InChI=1S/C15H16N2O5S/c1-21-14-13(5-2-6-16-14)15(18)17-8-12(9-17)23(19,20)10-11-4-3-7-22-11/h2-7,12H,8-10H2,1H3. The number of rotatable bonds is 5. The maximum absolute atomic E-state index is 12.4. The van der Waals surface area contributed by atoms with Gasteiger partial charge in [-0.3, -0.25) is 4.79 Å². The van der Waals surface area contributed by atoms with Gasteiger partial charge in [-0.15, -0.1) is 0 Å². The molecule has 1 aliphatic heterocycles. The fourth-order valence-electron chi connectivity index (χ4n) is 2.43. The average molecular weight is 336 g/mol. The molecular weight excluding hydrogens is 320 g/mol. The second kappa shape index (κ2) is 6.04. The van der Waals surface area contributed by atoms with E-state index in [9.17, 15) is 13.2 Å². The first kappa shape index (κ1) is 15.5.